The Hall–Kier alpha value is -3.62. The highest BCUT2D eigenvalue weighted by molar-refractivity contribution is 6.31. The molecule has 2 amide bonds. The summed E-state index contributed by atoms with van der Waals surface area (Å²) in [6, 6.07) is 13.0. The number of hydrogen-bond acceptors (Lipinski definition) is 5. The zero-order valence-electron chi connectivity index (χ0n) is 15.6. The number of anilines is 2. The number of amides is 2. The maximum atomic E-state index is 12.0. The molecular formula is C21H17ClN2O6. The number of carbonyl (C=O) groups is 3. The molecule has 0 saturated carbocycles. The van der Waals surface area contributed by atoms with Crippen LogP contribution in [-0.4, -0.2) is 36.1 Å². The molecule has 0 spiro atoms. The summed E-state index contributed by atoms with van der Waals surface area (Å²) >= 11 is 5.77. The lowest BCUT2D eigenvalue weighted by Gasteiger charge is -2.10. The van der Waals surface area contributed by atoms with E-state index in [9.17, 15) is 14.4 Å². The van der Waals surface area contributed by atoms with Crippen molar-refractivity contribution in [2.45, 2.75) is 0 Å². The fourth-order valence-electron chi connectivity index (χ4n) is 2.60. The Kier molecular flexibility index (Phi) is 6.84. The number of furan rings is 1. The van der Waals surface area contributed by atoms with Gasteiger partial charge in [-0.05, 0) is 42.0 Å². The molecule has 0 atom stereocenters. The van der Waals surface area contributed by atoms with Crippen molar-refractivity contribution in [2.24, 2.45) is 0 Å². The van der Waals surface area contributed by atoms with Gasteiger partial charge in [-0.15, -0.1) is 0 Å². The lowest BCUT2D eigenvalue weighted by Crippen LogP contribution is -2.24. The fraction of sp³-hybridized carbons (Fsp3) is 0.0952. The number of benzene rings is 2. The van der Waals surface area contributed by atoms with Crippen molar-refractivity contribution in [2.75, 3.05) is 23.8 Å². The van der Waals surface area contributed by atoms with Gasteiger partial charge in [-0.3, -0.25) is 9.59 Å². The lowest BCUT2D eigenvalue weighted by molar-refractivity contribution is -0.125. The highest BCUT2D eigenvalue weighted by Crippen LogP contribution is 2.22. The zero-order valence-corrected chi connectivity index (χ0v) is 16.3. The minimum absolute atomic E-state index is 0.0858. The molecule has 2 aromatic carbocycles. The predicted molar refractivity (Wildman–Crippen MR) is 111 cm³/mol. The summed E-state index contributed by atoms with van der Waals surface area (Å²) < 4.78 is 10.1. The fourth-order valence-corrected chi connectivity index (χ4v) is 2.77. The third-order valence-corrected chi connectivity index (χ3v) is 4.21. The van der Waals surface area contributed by atoms with Crippen molar-refractivity contribution in [3.8, 4) is 11.1 Å². The molecule has 0 saturated heterocycles. The lowest BCUT2D eigenvalue weighted by atomic mass is 10.1. The standard InChI is InChI=1S/C21H17ClN2O6/c22-15-3-6-18(17(9-15)21(27)28)24-20(26)12-30-11-19(25)23-16-4-1-13(2-5-16)14-7-8-29-10-14/h1-10H,11-12H2,(H,23,25)(H,24,26)(H,27,28). The Morgan fingerprint density at radius 1 is 0.933 bits per heavy atom. The average molecular weight is 429 g/mol. The van der Waals surface area contributed by atoms with Crippen molar-refractivity contribution in [3.63, 3.8) is 0 Å². The zero-order chi connectivity index (χ0) is 21.5. The molecule has 0 unspecified atom stereocenters. The summed E-state index contributed by atoms with van der Waals surface area (Å²) in [5.41, 5.74) is 2.38. The van der Waals surface area contributed by atoms with Crippen molar-refractivity contribution in [1.29, 1.82) is 0 Å². The van der Waals surface area contributed by atoms with Crippen LogP contribution in [-0.2, 0) is 14.3 Å². The molecule has 0 radical (unpaired) electrons. The van der Waals surface area contributed by atoms with Crippen LogP contribution in [0.2, 0.25) is 5.02 Å². The highest BCUT2D eigenvalue weighted by atomic mass is 35.5. The van der Waals surface area contributed by atoms with Crippen LogP contribution in [0.15, 0.2) is 65.5 Å². The molecular weight excluding hydrogens is 412 g/mol. The Bertz CT molecular complexity index is 1050. The van der Waals surface area contributed by atoms with Gasteiger partial charge in [0.05, 0.1) is 23.8 Å². The highest BCUT2D eigenvalue weighted by Gasteiger charge is 2.14. The van der Waals surface area contributed by atoms with Crippen LogP contribution in [0.5, 0.6) is 0 Å². The van der Waals surface area contributed by atoms with Gasteiger partial charge < -0.3 is 24.9 Å². The monoisotopic (exact) mass is 428 g/mol. The number of nitrogens with one attached hydrogen (secondary N) is 2. The van der Waals surface area contributed by atoms with Gasteiger partial charge in [0.15, 0.2) is 0 Å². The number of carbonyl (C=O) groups excluding carboxylic acids is 2. The number of ether oxygens (including phenoxy) is 1. The molecule has 0 bridgehead atoms. The molecule has 1 aromatic heterocycles. The van der Waals surface area contributed by atoms with Gasteiger partial charge in [0.25, 0.3) is 0 Å². The number of rotatable bonds is 8. The van der Waals surface area contributed by atoms with Crippen molar-refractivity contribution in [3.05, 3.63) is 71.6 Å². The van der Waals surface area contributed by atoms with E-state index in [-0.39, 0.29) is 22.9 Å². The summed E-state index contributed by atoms with van der Waals surface area (Å²) in [5.74, 6) is -2.26. The molecule has 0 aliphatic heterocycles. The Morgan fingerprint density at radius 2 is 1.63 bits per heavy atom. The smallest absolute Gasteiger partial charge is 0.337 e. The topological polar surface area (TPSA) is 118 Å². The second-order valence-corrected chi connectivity index (χ2v) is 6.61. The number of carboxylic acid groups (broad SMARTS) is 1. The van der Waals surface area contributed by atoms with Crippen molar-refractivity contribution >= 4 is 40.8 Å². The van der Waals surface area contributed by atoms with E-state index < -0.39 is 24.4 Å². The largest absolute Gasteiger partial charge is 0.478 e. The Labute approximate surface area is 176 Å². The van der Waals surface area contributed by atoms with Gasteiger partial charge in [-0.25, -0.2) is 4.79 Å². The first kappa shape index (κ1) is 21.1. The first-order valence-corrected chi connectivity index (χ1v) is 9.13. The SMILES string of the molecule is O=C(COCC(=O)Nc1ccc(Cl)cc1C(=O)O)Nc1ccc(-c2ccoc2)cc1. The summed E-state index contributed by atoms with van der Waals surface area (Å²) in [7, 11) is 0. The Balaban J connectivity index is 1.45. The molecule has 8 nitrogen and oxygen atoms in total. The van der Waals surface area contributed by atoms with Crippen LogP contribution in [0, 0.1) is 0 Å². The number of carboxylic acids is 1. The van der Waals surface area contributed by atoms with E-state index in [1.807, 2.05) is 18.2 Å². The molecule has 3 N–H and O–H groups in total. The third kappa shape index (κ3) is 5.69. The second-order valence-electron chi connectivity index (χ2n) is 6.17. The maximum absolute atomic E-state index is 12.0. The Morgan fingerprint density at radius 3 is 2.27 bits per heavy atom. The molecule has 0 aliphatic carbocycles. The molecule has 3 aromatic rings. The van der Waals surface area contributed by atoms with Crippen LogP contribution in [0.25, 0.3) is 11.1 Å². The molecule has 0 fully saturated rings. The van der Waals surface area contributed by atoms with Gasteiger partial charge in [0.1, 0.15) is 13.2 Å². The van der Waals surface area contributed by atoms with Gasteiger partial charge in [0.2, 0.25) is 11.8 Å². The van der Waals surface area contributed by atoms with Gasteiger partial charge >= 0.3 is 5.97 Å². The molecule has 0 aliphatic rings. The van der Waals surface area contributed by atoms with Gasteiger partial charge in [0, 0.05) is 16.3 Å². The maximum Gasteiger partial charge on any atom is 0.337 e. The van der Waals surface area contributed by atoms with E-state index in [1.54, 1.807) is 24.7 Å². The van der Waals surface area contributed by atoms with E-state index in [2.05, 4.69) is 10.6 Å². The predicted octanol–water partition coefficient (Wildman–Crippen LogP) is 3.89. The number of hydrogen-bond donors (Lipinski definition) is 3. The summed E-state index contributed by atoms with van der Waals surface area (Å²) in [6.07, 6.45) is 3.20. The van der Waals surface area contributed by atoms with Crippen LogP contribution in [0.1, 0.15) is 10.4 Å². The van der Waals surface area contributed by atoms with E-state index in [0.29, 0.717) is 5.69 Å². The van der Waals surface area contributed by atoms with E-state index in [1.165, 1.54) is 18.2 Å². The quantitative estimate of drug-likeness (QED) is 0.501. The molecule has 154 valence electrons. The summed E-state index contributed by atoms with van der Waals surface area (Å²) in [6.45, 7) is -0.766. The van der Waals surface area contributed by atoms with E-state index in [0.717, 1.165) is 11.1 Å². The first-order valence-electron chi connectivity index (χ1n) is 8.75. The number of halogens is 1. The molecule has 1 heterocycles. The molecule has 3 rings (SSSR count). The minimum Gasteiger partial charge on any atom is -0.478 e. The van der Waals surface area contributed by atoms with Crippen LogP contribution >= 0.6 is 11.6 Å². The van der Waals surface area contributed by atoms with Gasteiger partial charge in [-0.1, -0.05) is 23.7 Å². The second kappa shape index (κ2) is 9.73. The molecule has 30 heavy (non-hydrogen) atoms. The van der Waals surface area contributed by atoms with E-state index >= 15 is 0 Å². The van der Waals surface area contributed by atoms with E-state index in [4.69, 9.17) is 25.9 Å². The minimum atomic E-state index is -1.23. The van der Waals surface area contributed by atoms with Crippen LogP contribution in [0.3, 0.4) is 0 Å². The van der Waals surface area contributed by atoms with Gasteiger partial charge in [-0.2, -0.15) is 0 Å². The van der Waals surface area contributed by atoms with Crippen molar-refractivity contribution < 1.29 is 28.6 Å². The average Bonchev–Trinajstić information content (AvgIpc) is 3.24. The summed E-state index contributed by atoms with van der Waals surface area (Å²) in [4.78, 5) is 35.2. The third-order valence-electron chi connectivity index (χ3n) is 3.98. The van der Waals surface area contributed by atoms with Crippen LogP contribution in [0.4, 0.5) is 11.4 Å². The normalized spacial score (nSPS) is 10.4. The van der Waals surface area contributed by atoms with Crippen LogP contribution < -0.4 is 10.6 Å². The summed E-state index contributed by atoms with van der Waals surface area (Å²) in [5, 5.41) is 14.5. The van der Waals surface area contributed by atoms with Crippen molar-refractivity contribution in [1.82, 2.24) is 0 Å². The number of aromatic carboxylic acids is 1. The first-order chi connectivity index (χ1) is 14.4. The molecule has 9 heteroatoms.